The zero-order chi connectivity index (χ0) is 15.3. The van der Waals surface area contributed by atoms with Crippen LogP contribution in [0.25, 0.3) is 0 Å². The molecule has 0 fully saturated rings. The van der Waals surface area contributed by atoms with Crippen LogP contribution < -0.4 is 0 Å². The summed E-state index contributed by atoms with van der Waals surface area (Å²) in [6.45, 7) is 1.73. The number of hydrogen-bond donors (Lipinski definition) is 0. The van der Waals surface area contributed by atoms with E-state index in [1.807, 2.05) is 6.92 Å². The Balaban J connectivity index is 2.62. The van der Waals surface area contributed by atoms with Gasteiger partial charge in [-0.3, -0.25) is 4.79 Å². The average Bonchev–Trinajstić information content (AvgIpc) is 2.44. The van der Waals surface area contributed by atoms with Crippen LogP contribution in [0.2, 0.25) is 0 Å². The monoisotopic (exact) mass is 292 g/mol. The molecule has 0 aromatic heterocycles. The fourth-order valence-electron chi connectivity index (χ4n) is 1.51. The van der Waals surface area contributed by atoms with Crippen LogP contribution in [0.1, 0.15) is 29.8 Å². The molecule has 0 amide bonds. The SMILES string of the molecule is CCc1ccc(C(=O)C(C)OCC(F)(F)C(F)F)cc1. The van der Waals surface area contributed by atoms with Crippen molar-refractivity contribution in [3.05, 3.63) is 35.4 Å². The molecule has 0 saturated carbocycles. The van der Waals surface area contributed by atoms with Gasteiger partial charge in [0.15, 0.2) is 5.78 Å². The predicted octanol–water partition coefficient (Wildman–Crippen LogP) is 3.74. The predicted molar refractivity (Wildman–Crippen MR) is 66.5 cm³/mol. The van der Waals surface area contributed by atoms with Gasteiger partial charge in [0, 0.05) is 5.56 Å². The first-order chi connectivity index (χ1) is 9.27. The lowest BCUT2D eigenvalue weighted by Crippen LogP contribution is -2.35. The lowest BCUT2D eigenvalue weighted by Gasteiger charge is -2.18. The molecule has 20 heavy (non-hydrogen) atoms. The molecule has 0 aliphatic carbocycles. The molecule has 1 rings (SSSR count). The van der Waals surface area contributed by atoms with Gasteiger partial charge in [0.05, 0.1) is 0 Å². The molecule has 1 aromatic rings. The van der Waals surface area contributed by atoms with Gasteiger partial charge in [-0.1, -0.05) is 31.2 Å². The van der Waals surface area contributed by atoms with Crippen molar-refractivity contribution in [1.29, 1.82) is 0 Å². The van der Waals surface area contributed by atoms with Crippen molar-refractivity contribution in [2.24, 2.45) is 0 Å². The van der Waals surface area contributed by atoms with E-state index in [9.17, 15) is 22.4 Å². The van der Waals surface area contributed by atoms with Crippen LogP contribution in [-0.2, 0) is 11.2 Å². The molecule has 0 aliphatic rings. The fraction of sp³-hybridized carbons (Fsp3) is 0.500. The topological polar surface area (TPSA) is 26.3 Å². The molecule has 0 spiro atoms. The third kappa shape index (κ3) is 4.30. The van der Waals surface area contributed by atoms with Gasteiger partial charge in [-0.2, -0.15) is 8.78 Å². The molecule has 0 aliphatic heterocycles. The normalized spacial score (nSPS) is 13.6. The lowest BCUT2D eigenvalue weighted by atomic mass is 10.0. The highest BCUT2D eigenvalue weighted by Crippen LogP contribution is 2.23. The highest BCUT2D eigenvalue weighted by molar-refractivity contribution is 5.99. The number of benzene rings is 1. The Labute approximate surface area is 114 Å². The summed E-state index contributed by atoms with van der Waals surface area (Å²) >= 11 is 0. The third-order valence-corrected chi connectivity index (χ3v) is 2.86. The Hall–Kier alpha value is -1.43. The summed E-state index contributed by atoms with van der Waals surface area (Å²) in [6, 6.07) is 6.61. The molecule has 0 saturated heterocycles. The zero-order valence-corrected chi connectivity index (χ0v) is 11.2. The number of halogens is 4. The number of ether oxygens (including phenoxy) is 1. The summed E-state index contributed by atoms with van der Waals surface area (Å²) in [5, 5.41) is 0. The average molecular weight is 292 g/mol. The van der Waals surface area contributed by atoms with Crippen molar-refractivity contribution in [3.8, 4) is 0 Å². The van der Waals surface area contributed by atoms with E-state index in [4.69, 9.17) is 0 Å². The second-order valence-corrected chi connectivity index (χ2v) is 4.43. The molecule has 2 nitrogen and oxygen atoms in total. The van der Waals surface area contributed by atoms with Crippen LogP contribution in [-0.4, -0.2) is 30.8 Å². The number of ketones is 1. The van der Waals surface area contributed by atoms with Gasteiger partial charge in [0.25, 0.3) is 0 Å². The summed E-state index contributed by atoms with van der Waals surface area (Å²) in [7, 11) is 0. The maximum Gasteiger partial charge on any atom is 0.330 e. The van der Waals surface area contributed by atoms with Crippen LogP contribution in [0.4, 0.5) is 17.6 Å². The Kier molecular flexibility index (Phi) is 5.68. The second kappa shape index (κ2) is 6.83. The molecular formula is C14H16F4O2. The van der Waals surface area contributed by atoms with Crippen molar-refractivity contribution in [3.63, 3.8) is 0 Å². The zero-order valence-electron chi connectivity index (χ0n) is 11.2. The van der Waals surface area contributed by atoms with Crippen molar-refractivity contribution < 1.29 is 27.1 Å². The Morgan fingerprint density at radius 1 is 1.25 bits per heavy atom. The van der Waals surface area contributed by atoms with Crippen molar-refractivity contribution in [2.45, 2.75) is 38.7 Å². The highest BCUT2D eigenvalue weighted by Gasteiger charge is 2.41. The first-order valence-electron chi connectivity index (χ1n) is 6.18. The minimum absolute atomic E-state index is 0.301. The first kappa shape index (κ1) is 16.6. The number of carbonyl (C=O) groups excluding carboxylic acids is 1. The minimum atomic E-state index is -4.25. The molecule has 6 heteroatoms. The first-order valence-corrected chi connectivity index (χ1v) is 6.18. The van der Waals surface area contributed by atoms with E-state index in [-0.39, 0.29) is 0 Å². The number of hydrogen-bond acceptors (Lipinski definition) is 2. The maximum atomic E-state index is 12.7. The van der Waals surface area contributed by atoms with Crippen LogP contribution in [0.5, 0.6) is 0 Å². The summed E-state index contributed by atoms with van der Waals surface area (Å²) in [5.74, 6) is -4.77. The molecule has 1 aromatic carbocycles. The molecule has 0 heterocycles. The van der Waals surface area contributed by atoms with E-state index in [0.717, 1.165) is 12.0 Å². The summed E-state index contributed by atoms with van der Waals surface area (Å²) in [5.41, 5.74) is 1.33. The van der Waals surface area contributed by atoms with E-state index in [1.165, 1.54) is 6.92 Å². The summed E-state index contributed by atoms with van der Waals surface area (Å²) < 4.78 is 53.8. The lowest BCUT2D eigenvalue weighted by molar-refractivity contribution is -0.170. The fourth-order valence-corrected chi connectivity index (χ4v) is 1.51. The van der Waals surface area contributed by atoms with Crippen LogP contribution in [0, 0.1) is 0 Å². The van der Waals surface area contributed by atoms with Gasteiger partial charge >= 0.3 is 12.3 Å². The minimum Gasteiger partial charge on any atom is -0.364 e. The molecular weight excluding hydrogens is 276 g/mol. The molecule has 1 unspecified atom stereocenters. The van der Waals surface area contributed by atoms with E-state index < -0.39 is 30.8 Å². The molecule has 0 bridgehead atoms. The Bertz CT molecular complexity index is 443. The number of Topliss-reactive ketones (excluding diaryl/α,β-unsaturated/α-hetero) is 1. The number of carbonyl (C=O) groups is 1. The van der Waals surface area contributed by atoms with E-state index in [0.29, 0.717) is 5.56 Å². The van der Waals surface area contributed by atoms with Gasteiger partial charge in [0.1, 0.15) is 12.7 Å². The molecule has 0 radical (unpaired) electrons. The van der Waals surface area contributed by atoms with E-state index in [2.05, 4.69) is 4.74 Å². The molecule has 0 N–H and O–H groups in total. The van der Waals surface area contributed by atoms with Crippen molar-refractivity contribution in [2.75, 3.05) is 6.61 Å². The van der Waals surface area contributed by atoms with Crippen molar-refractivity contribution in [1.82, 2.24) is 0 Å². The molecule has 1 atom stereocenters. The Morgan fingerprint density at radius 3 is 2.25 bits per heavy atom. The summed E-state index contributed by atoms with van der Waals surface area (Å²) in [6.07, 6.45) is -4.21. The van der Waals surface area contributed by atoms with E-state index in [1.54, 1.807) is 24.3 Å². The maximum absolute atomic E-state index is 12.7. The number of rotatable bonds is 7. The van der Waals surface area contributed by atoms with Gasteiger partial charge < -0.3 is 4.74 Å². The van der Waals surface area contributed by atoms with Gasteiger partial charge in [0.2, 0.25) is 0 Å². The van der Waals surface area contributed by atoms with Gasteiger partial charge in [-0.25, -0.2) is 8.78 Å². The second-order valence-electron chi connectivity index (χ2n) is 4.43. The van der Waals surface area contributed by atoms with Crippen LogP contribution >= 0.6 is 0 Å². The smallest absolute Gasteiger partial charge is 0.330 e. The largest absolute Gasteiger partial charge is 0.364 e. The third-order valence-electron chi connectivity index (χ3n) is 2.86. The Morgan fingerprint density at radius 2 is 1.80 bits per heavy atom. The quantitative estimate of drug-likeness (QED) is 0.565. The van der Waals surface area contributed by atoms with Crippen molar-refractivity contribution >= 4 is 5.78 Å². The van der Waals surface area contributed by atoms with E-state index >= 15 is 0 Å². The standard InChI is InChI=1S/C14H16F4O2/c1-3-10-4-6-11(7-5-10)12(19)9(2)20-8-14(17,18)13(15)16/h4-7,9,13H,3,8H2,1-2H3. The highest BCUT2D eigenvalue weighted by atomic mass is 19.3. The van der Waals surface area contributed by atoms with Gasteiger partial charge in [-0.15, -0.1) is 0 Å². The van der Waals surface area contributed by atoms with Crippen LogP contribution in [0.3, 0.4) is 0 Å². The van der Waals surface area contributed by atoms with Gasteiger partial charge in [-0.05, 0) is 18.9 Å². The summed E-state index contributed by atoms with van der Waals surface area (Å²) in [4.78, 5) is 11.9. The molecule has 112 valence electrons. The number of alkyl halides is 4. The number of aryl methyl sites for hydroxylation is 1. The van der Waals surface area contributed by atoms with Crippen LogP contribution in [0.15, 0.2) is 24.3 Å².